The molecule has 0 amide bonds. The number of fused-ring (bicyclic) bond motifs is 1. The number of rotatable bonds is 4. The zero-order valence-electron chi connectivity index (χ0n) is 11.5. The number of halogens is 1. The fourth-order valence-corrected chi connectivity index (χ4v) is 2.68. The van der Waals surface area contributed by atoms with Crippen molar-refractivity contribution >= 4 is 34.5 Å². The van der Waals surface area contributed by atoms with Crippen molar-refractivity contribution in [2.24, 2.45) is 4.99 Å². The summed E-state index contributed by atoms with van der Waals surface area (Å²) in [5, 5.41) is 0. The monoisotopic (exact) mass is 395 g/mol. The third kappa shape index (κ3) is 3.29. The highest BCUT2D eigenvalue weighted by molar-refractivity contribution is 14.1. The first kappa shape index (κ1) is 14.2. The smallest absolute Gasteiger partial charge is 0.231 e. The van der Waals surface area contributed by atoms with Crippen LogP contribution in [0.5, 0.6) is 17.2 Å². The Bertz CT molecular complexity index is 685. The van der Waals surface area contributed by atoms with Gasteiger partial charge >= 0.3 is 0 Å². The summed E-state index contributed by atoms with van der Waals surface area (Å²) in [4.78, 5) is 4.47. The van der Waals surface area contributed by atoms with Crippen LogP contribution in [-0.4, -0.2) is 19.6 Å². The zero-order chi connectivity index (χ0) is 14.7. The molecule has 0 unspecified atom stereocenters. The third-order valence-electron chi connectivity index (χ3n) is 2.97. The van der Waals surface area contributed by atoms with Gasteiger partial charge in [-0.25, -0.2) is 0 Å². The predicted molar refractivity (Wildman–Crippen MR) is 90.1 cm³/mol. The van der Waals surface area contributed by atoms with Crippen LogP contribution in [0, 0.1) is 3.57 Å². The third-order valence-corrected chi connectivity index (χ3v) is 3.82. The summed E-state index contributed by atoms with van der Waals surface area (Å²) in [7, 11) is 0. The molecule has 1 aliphatic rings. The van der Waals surface area contributed by atoms with E-state index in [2.05, 4.69) is 27.6 Å². The Hall–Kier alpha value is -1.76. The Balaban J connectivity index is 1.78. The summed E-state index contributed by atoms with van der Waals surface area (Å²) in [5.74, 6) is 2.41. The minimum atomic E-state index is 0.277. The quantitative estimate of drug-likeness (QED) is 0.577. The van der Waals surface area contributed by atoms with Crippen LogP contribution in [0.15, 0.2) is 41.4 Å². The molecule has 2 aromatic rings. The van der Waals surface area contributed by atoms with Crippen LogP contribution >= 0.6 is 22.6 Å². The van der Waals surface area contributed by atoms with E-state index in [-0.39, 0.29) is 6.79 Å². The molecule has 0 spiro atoms. The fourth-order valence-electron chi connectivity index (χ4n) is 1.98. The second kappa shape index (κ2) is 6.34. The molecule has 1 heterocycles. The average molecular weight is 395 g/mol. The lowest BCUT2D eigenvalue weighted by molar-refractivity contribution is 0.174. The maximum absolute atomic E-state index is 5.52. The Kier molecular flexibility index (Phi) is 4.28. The number of aliphatic imine (C=N–C) groups is 1. The van der Waals surface area contributed by atoms with Gasteiger partial charge in [0.1, 0.15) is 5.75 Å². The van der Waals surface area contributed by atoms with Crippen LogP contribution in [0.4, 0.5) is 5.69 Å². The minimum absolute atomic E-state index is 0.277. The van der Waals surface area contributed by atoms with Gasteiger partial charge in [-0.05, 0) is 65.4 Å². The van der Waals surface area contributed by atoms with Gasteiger partial charge in [0.05, 0.1) is 15.9 Å². The Morgan fingerprint density at radius 1 is 1.19 bits per heavy atom. The molecule has 2 aromatic carbocycles. The molecule has 3 rings (SSSR count). The summed E-state index contributed by atoms with van der Waals surface area (Å²) >= 11 is 2.26. The molecule has 5 heteroatoms. The van der Waals surface area contributed by atoms with E-state index in [4.69, 9.17) is 14.2 Å². The molecule has 0 saturated carbocycles. The number of nitrogens with zero attached hydrogens (tertiary/aromatic N) is 1. The van der Waals surface area contributed by atoms with Gasteiger partial charge < -0.3 is 14.2 Å². The summed E-state index contributed by atoms with van der Waals surface area (Å²) in [5.41, 5.74) is 1.86. The van der Waals surface area contributed by atoms with E-state index >= 15 is 0 Å². The van der Waals surface area contributed by atoms with Gasteiger partial charge in [-0.2, -0.15) is 0 Å². The van der Waals surface area contributed by atoms with Crippen molar-refractivity contribution in [1.82, 2.24) is 0 Å². The van der Waals surface area contributed by atoms with E-state index in [1.165, 1.54) is 0 Å². The van der Waals surface area contributed by atoms with Crippen molar-refractivity contribution in [3.8, 4) is 17.2 Å². The first-order valence-corrected chi connectivity index (χ1v) is 7.70. The molecule has 21 heavy (non-hydrogen) atoms. The van der Waals surface area contributed by atoms with Gasteiger partial charge in [0.2, 0.25) is 6.79 Å². The first-order chi connectivity index (χ1) is 10.3. The van der Waals surface area contributed by atoms with E-state index in [0.29, 0.717) is 6.61 Å². The van der Waals surface area contributed by atoms with Crippen LogP contribution in [0.3, 0.4) is 0 Å². The van der Waals surface area contributed by atoms with Crippen LogP contribution in [0.1, 0.15) is 12.5 Å². The molecule has 0 radical (unpaired) electrons. The zero-order valence-corrected chi connectivity index (χ0v) is 13.7. The van der Waals surface area contributed by atoms with Crippen molar-refractivity contribution in [3.05, 3.63) is 45.5 Å². The topological polar surface area (TPSA) is 40.0 Å². The maximum Gasteiger partial charge on any atom is 0.231 e. The lowest BCUT2D eigenvalue weighted by Gasteiger charge is -2.05. The van der Waals surface area contributed by atoms with Crippen molar-refractivity contribution in [3.63, 3.8) is 0 Å². The van der Waals surface area contributed by atoms with E-state index < -0.39 is 0 Å². The first-order valence-electron chi connectivity index (χ1n) is 6.62. The highest BCUT2D eigenvalue weighted by Crippen LogP contribution is 2.35. The average Bonchev–Trinajstić information content (AvgIpc) is 2.95. The molecular weight excluding hydrogens is 381 g/mol. The molecule has 4 nitrogen and oxygen atoms in total. The van der Waals surface area contributed by atoms with Crippen molar-refractivity contribution in [2.45, 2.75) is 6.92 Å². The predicted octanol–water partition coefficient (Wildman–Crippen LogP) is 4.17. The molecule has 0 aromatic heterocycles. The Morgan fingerprint density at radius 3 is 2.86 bits per heavy atom. The van der Waals surface area contributed by atoms with Gasteiger partial charge in [0.15, 0.2) is 11.5 Å². The van der Waals surface area contributed by atoms with Gasteiger partial charge in [-0.3, -0.25) is 4.99 Å². The van der Waals surface area contributed by atoms with E-state index in [0.717, 1.165) is 32.1 Å². The maximum atomic E-state index is 5.52. The van der Waals surface area contributed by atoms with Gasteiger partial charge in [0.25, 0.3) is 0 Å². The highest BCUT2D eigenvalue weighted by atomic mass is 127. The molecule has 108 valence electrons. The molecule has 1 aliphatic heterocycles. The highest BCUT2D eigenvalue weighted by Gasteiger charge is 2.12. The normalized spacial score (nSPS) is 12.9. The summed E-state index contributed by atoms with van der Waals surface area (Å²) in [6, 6.07) is 11.6. The summed E-state index contributed by atoms with van der Waals surface area (Å²) in [6.45, 7) is 2.92. The molecule has 0 atom stereocenters. The number of ether oxygens (including phenoxy) is 3. The van der Waals surface area contributed by atoms with Crippen molar-refractivity contribution in [2.75, 3.05) is 13.4 Å². The van der Waals surface area contributed by atoms with Gasteiger partial charge in [-0.1, -0.05) is 0 Å². The summed E-state index contributed by atoms with van der Waals surface area (Å²) in [6.07, 6.45) is 1.83. The number of hydrogen-bond donors (Lipinski definition) is 0. The van der Waals surface area contributed by atoms with Crippen LogP contribution < -0.4 is 14.2 Å². The van der Waals surface area contributed by atoms with E-state index in [1.807, 2.05) is 49.5 Å². The summed E-state index contributed by atoms with van der Waals surface area (Å²) < 4.78 is 17.2. The Labute approximate surface area is 136 Å². The molecular formula is C16H14INO3. The van der Waals surface area contributed by atoms with Crippen molar-refractivity contribution < 1.29 is 14.2 Å². The largest absolute Gasteiger partial charge is 0.493 e. The Morgan fingerprint density at radius 2 is 2.05 bits per heavy atom. The molecule has 0 bridgehead atoms. The van der Waals surface area contributed by atoms with Crippen molar-refractivity contribution in [1.29, 1.82) is 0 Å². The number of hydrogen-bond acceptors (Lipinski definition) is 4. The van der Waals surface area contributed by atoms with Gasteiger partial charge in [0, 0.05) is 12.3 Å². The van der Waals surface area contributed by atoms with Gasteiger partial charge in [-0.15, -0.1) is 0 Å². The molecule has 0 N–H and O–H groups in total. The molecule has 0 fully saturated rings. The van der Waals surface area contributed by atoms with Crippen LogP contribution in [-0.2, 0) is 0 Å². The lowest BCUT2D eigenvalue weighted by Crippen LogP contribution is -1.94. The second-order valence-electron chi connectivity index (χ2n) is 4.42. The van der Waals surface area contributed by atoms with E-state index in [9.17, 15) is 0 Å². The second-order valence-corrected chi connectivity index (χ2v) is 5.58. The molecule has 0 saturated heterocycles. The number of benzene rings is 2. The van der Waals surface area contributed by atoms with Crippen LogP contribution in [0.2, 0.25) is 0 Å². The van der Waals surface area contributed by atoms with Crippen LogP contribution in [0.25, 0.3) is 0 Å². The molecule has 0 aliphatic carbocycles. The fraction of sp³-hybridized carbons (Fsp3) is 0.188. The minimum Gasteiger partial charge on any atom is -0.493 e. The lowest BCUT2D eigenvalue weighted by atomic mass is 10.2. The van der Waals surface area contributed by atoms with E-state index in [1.54, 1.807) is 0 Å². The SMILES string of the molecule is CCOc1ccc(C=Nc2ccc3c(c2)OCO3)cc1I. The standard InChI is InChI=1S/C16H14INO3/c1-2-19-14-5-3-11(7-13(14)17)9-18-12-4-6-15-16(8-12)21-10-20-15/h3-9H,2,10H2,1H3.